The van der Waals surface area contributed by atoms with Crippen LogP contribution in [-0.2, 0) is 0 Å². The van der Waals surface area contributed by atoms with E-state index >= 15 is 0 Å². The summed E-state index contributed by atoms with van der Waals surface area (Å²) in [5.41, 5.74) is 0. The molecule has 0 saturated heterocycles. The zero-order valence-corrected chi connectivity index (χ0v) is 12.5. The van der Waals surface area contributed by atoms with Gasteiger partial charge in [0, 0.05) is 6.92 Å². The second-order valence-electron chi connectivity index (χ2n) is 1.65. The first-order chi connectivity index (χ1) is 4.54. The van der Waals surface area contributed by atoms with E-state index in [2.05, 4.69) is 43.1 Å². The van der Waals surface area contributed by atoms with Crippen LogP contribution in [0.2, 0.25) is 0 Å². The van der Waals surface area contributed by atoms with Gasteiger partial charge in [-0.2, -0.15) is 4.58 Å². The van der Waals surface area contributed by atoms with Crippen LogP contribution in [0.1, 0.15) is 6.92 Å². The van der Waals surface area contributed by atoms with Crippen molar-refractivity contribution in [3.05, 3.63) is 5.76 Å². The van der Waals surface area contributed by atoms with E-state index in [0.717, 1.165) is 0 Å². The second kappa shape index (κ2) is 10.4. The first-order valence-electron chi connectivity index (χ1n) is 2.38. The van der Waals surface area contributed by atoms with Gasteiger partial charge in [0.15, 0.2) is 5.76 Å². The summed E-state index contributed by atoms with van der Waals surface area (Å²) in [6.07, 6.45) is 0. The molecule has 1 N–H and O–H groups in total. The molecule has 0 spiro atoms. The summed E-state index contributed by atoms with van der Waals surface area (Å²) in [4.78, 5) is 0. The van der Waals surface area contributed by atoms with E-state index < -0.39 is 0 Å². The molecule has 0 aliphatic carbocycles. The minimum atomic E-state index is 0.213. The van der Waals surface area contributed by atoms with Crippen LogP contribution >= 0.6 is 37.2 Å². The third-order valence-corrected chi connectivity index (χ3v) is 0.385. The van der Waals surface area contributed by atoms with Crippen molar-refractivity contribution in [3.63, 3.8) is 0 Å². The molecule has 0 aromatic heterocycles. The van der Waals surface area contributed by atoms with Gasteiger partial charge >= 0.3 is 50.5 Å². The molecular weight excluding hydrogens is 471 g/mol. The Morgan fingerprint density at radius 3 is 1.80 bits per heavy atom. The fourth-order valence-electron chi connectivity index (χ4n) is 0.324. The molecule has 0 aromatic carbocycles. The monoisotopic (exact) mass is 481 g/mol. The van der Waals surface area contributed by atoms with E-state index in [1.165, 1.54) is 0 Å². The predicted octanol–water partition coefficient (Wildman–Crippen LogP) is -0.835. The van der Waals surface area contributed by atoms with Crippen molar-refractivity contribution in [3.8, 4) is 0 Å². The Morgan fingerprint density at radius 2 is 1.80 bits per heavy atom. The summed E-state index contributed by atoms with van der Waals surface area (Å²) >= 11 is 5.30. The molecule has 0 bridgehead atoms. The Balaban J connectivity index is 0. The molecule has 0 heterocycles. The molecular formula is C5H10I3NO. The van der Waals surface area contributed by atoms with Crippen molar-refractivity contribution in [1.29, 1.82) is 0 Å². The van der Waals surface area contributed by atoms with Crippen molar-refractivity contribution < 1.29 is 22.9 Å². The molecule has 5 heteroatoms. The van der Waals surface area contributed by atoms with Gasteiger partial charge in [0.1, 0.15) is 14.1 Å². The standard InChI is InChI=1S/C5H9NO.I3/c1-5(7)4-6(2)3;1-3-2/h1-3H3;/q;-1/p+1. The number of nitrogens with zero attached hydrogens (tertiary/aromatic N) is 1. The molecule has 62 valence electrons. The van der Waals surface area contributed by atoms with Crippen LogP contribution in [0.3, 0.4) is 0 Å². The normalized spacial score (nSPS) is 7.30. The minimum absolute atomic E-state index is 0.213. The molecule has 0 fully saturated rings. The molecule has 0 amide bonds. The summed E-state index contributed by atoms with van der Waals surface area (Å²) in [6, 6.07) is 0. The van der Waals surface area contributed by atoms with Crippen LogP contribution in [0.4, 0.5) is 0 Å². The third kappa shape index (κ3) is 22.7. The molecule has 0 unspecified atom stereocenters. The maximum atomic E-state index is 8.49. The van der Waals surface area contributed by atoms with Crippen molar-refractivity contribution in [2.24, 2.45) is 0 Å². The SMILES string of the molecule is CC(O)=C=[N+](C)C.I[I-]I. The Hall–Kier alpha value is 1.44. The van der Waals surface area contributed by atoms with Gasteiger partial charge < -0.3 is 5.11 Å². The van der Waals surface area contributed by atoms with Gasteiger partial charge in [0.2, 0.25) is 5.87 Å². The molecule has 0 aromatic rings. The van der Waals surface area contributed by atoms with Crippen LogP contribution in [0.5, 0.6) is 0 Å². The van der Waals surface area contributed by atoms with Crippen LogP contribution in [0.25, 0.3) is 0 Å². The third-order valence-electron chi connectivity index (χ3n) is 0.385. The average molecular weight is 481 g/mol. The molecule has 0 radical (unpaired) electrons. The number of hydrogen-bond donors (Lipinski definition) is 1. The van der Waals surface area contributed by atoms with Crippen LogP contribution in [-0.4, -0.2) is 29.6 Å². The van der Waals surface area contributed by atoms with Crippen molar-refractivity contribution in [1.82, 2.24) is 0 Å². The Bertz CT molecular complexity index is 120. The summed E-state index contributed by atoms with van der Waals surface area (Å²) in [6.45, 7) is 1.58. The van der Waals surface area contributed by atoms with Gasteiger partial charge in [-0.15, -0.1) is 0 Å². The molecule has 2 nitrogen and oxygen atoms in total. The van der Waals surface area contributed by atoms with E-state index in [9.17, 15) is 0 Å². The van der Waals surface area contributed by atoms with Crippen molar-refractivity contribution in [2.75, 3.05) is 14.1 Å². The van der Waals surface area contributed by atoms with Gasteiger partial charge in [-0.1, -0.05) is 0 Å². The summed E-state index contributed by atoms with van der Waals surface area (Å²) in [5, 5.41) is 8.49. The summed E-state index contributed by atoms with van der Waals surface area (Å²) in [7, 11) is 3.61. The van der Waals surface area contributed by atoms with Crippen LogP contribution in [0.15, 0.2) is 5.76 Å². The Kier molecular flexibility index (Phi) is 14.6. The predicted molar refractivity (Wildman–Crippen MR) is 57.0 cm³/mol. The molecule has 0 rings (SSSR count). The van der Waals surface area contributed by atoms with Gasteiger partial charge in [-0.3, -0.25) is 0 Å². The summed E-state index contributed by atoms with van der Waals surface area (Å²) in [5.74, 6) is 2.82. The molecule has 0 saturated carbocycles. The van der Waals surface area contributed by atoms with Crippen molar-refractivity contribution in [2.45, 2.75) is 6.92 Å². The van der Waals surface area contributed by atoms with Gasteiger partial charge in [0.05, 0.1) is 0 Å². The average Bonchev–Trinajstić information content (AvgIpc) is 1.62. The number of hydrogen-bond acceptors (Lipinski definition) is 1. The van der Waals surface area contributed by atoms with E-state index in [1.807, 2.05) is 0 Å². The fourth-order valence-corrected chi connectivity index (χ4v) is 0.324. The van der Waals surface area contributed by atoms with Gasteiger partial charge in [-0.25, -0.2) is 0 Å². The fraction of sp³-hybridized carbons (Fsp3) is 0.600. The van der Waals surface area contributed by atoms with Crippen LogP contribution in [0, 0.1) is 0 Å². The first kappa shape index (κ1) is 14.0. The molecule has 0 atom stereocenters. The number of aliphatic hydroxyl groups is 1. The summed E-state index contributed by atoms with van der Waals surface area (Å²) < 4.78 is 1.66. The Labute approximate surface area is 91.4 Å². The number of rotatable bonds is 0. The second-order valence-corrected chi connectivity index (χ2v) is 17.9. The van der Waals surface area contributed by atoms with E-state index in [0.29, 0.717) is 13.3 Å². The Morgan fingerprint density at radius 1 is 1.50 bits per heavy atom. The molecule has 0 aliphatic rings. The number of aliphatic hydroxyl groups excluding tert-OH is 1. The van der Waals surface area contributed by atoms with E-state index in [-0.39, 0.29) is 5.76 Å². The van der Waals surface area contributed by atoms with E-state index in [1.54, 1.807) is 25.6 Å². The zero-order valence-electron chi connectivity index (χ0n) is 6.03. The number of allylic oxidation sites excluding steroid dienone is 1. The molecule has 10 heavy (non-hydrogen) atoms. The van der Waals surface area contributed by atoms with Crippen LogP contribution < -0.4 is 13.3 Å². The van der Waals surface area contributed by atoms with Crippen molar-refractivity contribution >= 4 is 43.1 Å². The number of halogens is 3. The topological polar surface area (TPSA) is 23.2 Å². The quantitative estimate of drug-likeness (QED) is 0.208. The molecule has 0 aliphatic heterocycles. The van der Waals surface area contributed by atoms with E-state index in [4.69, 9.17) is 5.11 Å². The van der Waals surface area contributed by atoms with Gasteiger partial charge in [0.25, 0.3) is 0 Å². The maximum absolute atomic E-state index is 8.49. The van der Waals surface area contributed by atoms with Gasteiger partial charge in [-0.05, 0) is 0 Å². The zero-order chi connectivity index (χ0) is 8.57. The first-order valence-corrected chi connectivity index (χ1v) is 14.9.